The molecule has 0 bridgehead atoms. The molecule has 0 saturated carbocycles. The summed E-state index contributed by atoms with van der Waals surface area (Å²) in [6, 6.07) is 79.8. The van der Waals surface area contributed by atoms with Gasteiger partial charge in [-0.3, -0.25) is 0 Å². The Balaban J connectivity index is 1.04. The standard InChI is InChI=1S/C58H37NO2/c1-3-13-38(14-4-1)39-25-30-43(31-26-39)59(44-32-27-42(28-33-44)48-21-11-22-50-49-19-9-10-23-53(49)61-58(48)50)45-34-36-54-52(37-45)56-46-18-8-7-17-41(46)29-35-51(56)57-47(20-12-24-55(57)60-54)40-15-5-2-6-16-40/h1-37H. The molecule has 12 rings (SSSR count). The van der Waals surface area contributed by atoms with Crippen molar-refractivity contribution in [3.05, 3.63) is 224 Å². The van der Waals surface area contributed by atoms with Crippen LogP contribution in [0.5, 0.6) is 11.5 Å². The summed E-state index contributed by atoms with van der Waals surface area (Å²) in [6.07, 6.45) is 0. The van der Waals surface area contributed by atoms with Crippen molar-refractivity contribution < 1.29 is 9.15 Å². The van der Waals surface area contributed by atoms with E-state index in [1.165, 1.54) is 21.9 Å². The van der Waals surface area contributed by atoms with Crippen molar-refractivity contribution in [1.29, 1.82) is 0 Å². The molecule has 0 unspecified atom stereocenters. The Hall–Kier alpha value is -8.14. The van der Waals surface area contributed by atoms with Crippen LogP contribution in [0.4, 0.5) is 17.1 Å². The second-order valence-corrected chi connectivity index (χ2v) is 15.6. The summed E-state index contributed by atoms with van der Waals surface area (Å²) in [7, 11) is 0. The molecule has 0 saturated heterocycles. The molecule has 1 aromatic heterocycles. The van der Waals surface area contributed by atoms with Gasteiger partial charge in [0, 0.05) is 50.1 Å². The summed E-state index contributed by atoms with van der Waals surface area (Å²) in [4.78, 5) is 2.35. The van der Waals surface area contributed by atoms with Crippen molar-refractivity contribution in [1.82, 2.24) is 0 Å². The van der Waals surface area contributed by atoms with Crippen LogP contribution in [0.15, 0.2) is 229 Å². The van der Waals surface area contributed by atoms with Crippen LogP contribution in [0.1, 0.15) is 0 Å². The number of para-hydroxylation sites is 2. The average molecular weight is 780 g/mol. The molecule has 0 radical (unpaired) electrons. The molecule has 0 aliphatic carbocycles. The fourth-order valence-electron chi connectivity index (χ4n) is 9.23. The number of benzene rings is 10. The lowest BCUT2D eigenvalue weighted by Crippen LogP contribution is -2.10. The van der Waals surface area contributed by atoms with Gasteiger partial charge in [0.1, 0.15) is 22.7 Å². The van der Waals surface area contributed by atoms with Crippen molar-refractivity contribution in [2.75, 3.05) is 4.90 Å². The third-order valence-corrected chi connectivity index (χ3v) is 12.1. The van der Waals surface area contributed by atoms with Gasteiger partial charge in [-0.05, 0) is 98.8 Å². The van der Waals surface area contributed by atoms with Gasteiger partial charge >= 0.3 is 0 Å². The molecule has 286 valence electrons. The summed E-state index contributed by atoms with van der Waals surface area (Å²) >= 11 is 0. The Bertz CT molecular complexity index is 3420. The minimum Gasteiger partial charge on any atom is -0.456 e. The van der Waals surface area contributed by atoms with Crippen LogP contribution in [0, 0.1) is 0 Å². The Kier molecular flexibility index (Phi) is 8.17. The molecule has 3 heteroatoms. The van der Waals surface area contributed by atoms with Crippen LogP contribution in [0.25, 0.3) is 88.3 Å². The van der Waals surface area contributed by atoms with Gasteiger partial charge in [-0.25, -0.2) is 0 Å². The topological polar surface area (TPSA) is 25.6 Å². The highest BCUT2D eigenvalue weighted by Gasteiger charge is 2.27. The lowest BCUT2D eigenvalue weighted by molar-refractivity contribution is 0.488. The summed E-state index contributed by atoms with van der Waals surface area (Å²) in [5.74, 6) is 1.66. The van der Waals surface area contributed by atoms with Crippen molar-refractivity contribution in [3.8, 4) is 67.1 Å². The van der Waals surface area contributed by atoms with Gasteiger partial charge in [-0.2, -0.15) is 0 Å². The number of fused-ring (bicyclic) bond motifs is 10. The van der Waals surface area contributed by atoms with Gasteiger partial charge in [0.25, 0.3) is 0 Å². The van der Waals surface area contributed by atoms with E-state index in [4.69, 9.17) is 9.15 Å². The maximum Gasteiger partial charge on any atom is 0.143 e. The number of hydrogen-bond donors (Lipinski definition) is 0. The zero-order valence-corrected chi connectivity index (χ0v) is 33.1. The number of anilines is 3. The molecule has 1 aliphatic rings. The first kappa shape index (κ1) is 34.9. The summed E-state index contributed by atoms with van der Waals surface area (Å²) < 4.78 is 13.5. The van der Waals surface area contributed by atoms with E-state index >= 15 is 0 Å². The monoisotopic (exact) mass is 779 g/mol. The maximum absolute atomic E-state index is 7.00. The first-order valence-corrected chi connectivity index (χ1v) is 20.7. The van der Waals surface area contributed by atoms with Gasteiger partial charge in [0.05, 0.1) is 0 Å². The zero-order chi connectivity index (χ0) is 40.3. The highest BCUT2D eigenvalue weighted by molar-refractivity contribution is 6.11. The Morgan fingerprint density at radius 3 is 1.69 bits per heavy atom. The van der Waals surface area contributed by atoms with E-state index in [2.05, 4.69) is 217 Å². The van der Waals surface area contributed by atoms with Gasteiger partial charge < -0.3 is 14.1 Å². The van der Waals surface area contributed by atoms with E-state index in [1.54, 1.807) is 0 Å². The number of ether oxygens (including phenoxy) is 1. The fraction of sp³-hybridized carbons (Fsp3) is 0. The van der Waals surface area contributed by atoms with Crippen LogP contribution < -0.4 is 9.64 Å². The van der Waals surface area contributed by atoms with Crippen LogP contribution in [-0.4, -0.2) is 0 Å². The normalized spacial score (nSPS) is 11.7. The molecule has 1 aliphatic heterocycles. The molecule has 11 aromatic rings. The van der Waals surface area contributed by atoms with Gasteiger partial charge in [-0.1, -0.05) is 170 Å². The Labute approximate surface area is 354 Å². The van der Waals surface area contributed by atoms with E-state index in [1.807, 2.05) is 12.1 Å². The Morgan fingerprint density at radius 1 is 0.311 bits per heavy atom. The number of nitrogens with zero attached hydrogens (tertiary/aromatic N) is 1. The van der Waals surface area contributed by atoms with E-state index in [0.29, 0.717) is 0 Å². The predicted molar refractivity (Wildman–Crippen MR) is 253 cm³/mol. The number of furan rings is 1. The van der Waals surface area contributed by atoms with Crippen LogP contribution in [0.2, 0.25) is 0 Å². The average Bonchev–Trinajstić information content (AvgIpc) is 3.65. The van der Waals surface area contributed by atoms with Crippen molar-refractivity contribution in [2.45, 2.75) is 0 Å². The largest absolute Gasteiger partial charge is 0.456 e. The molecule has 3 nitrogen and oxygen atoms in total. The molecular formula is C58H37NO2. The quantitative estimate of drug-likeness (QED) is 0.168. The maximum atomic E-state index is 7.00. The Morgan fingerprint density at radius 2 is 0.902 bits per heavy atom. The molecule has 10 aromatic carbocycles. The SMILES string of the molecule is c1ccc(-c2ccc(N(c3ccc(-c4cccc5c4oc4ccccc45)cc3)c3ccc4c(c3)-c3c(ccc5ccccc35)-c3c(cccc3-c3ccccc3)O4)cc2)cc1. The van der Waals surface area contributed by atoms with Crippen LogP contribution >= 0.6 is 0 Å². The van der Waals surface area contributed by atoms with Gasteiger partial charge in [0.2, 0.25) is 0 Å². The van der Waals surface area contributed by atoms with Crippen LogP contribution in [0.3, 0.4) is 0 Å². The molecule has 0 N–H and O–H groups in total. The predicted octanol–water partition coefficient (Wildman–Crippen LogP) is 16.6. The smallest absolute Gasteiger partial charge is 0.143 e. The molecule has 2 heterocycles. The lowest BCUT2D eigenvalue weighted by atomic mass is 9.86. The summed E-state index contributed by atoms with van der Waals surface area (Å²) in [5, 5.41) is 4.61. The molecule has 0 fully saturated rings. The second-order valence-electron chi connectivity index (χ2n) is 15.6. The minimum absolute atomic E-state index is 0.818. The lowest BCUT2D eigenvalue weighted by Gasteiger charge is -2.27. The van der Waals surface area contributed by atoms with Gasteiger partial charge in [-0.15, -0.1) is 0 Å². The van der Waals surface area contributed by atoms with E-state index in [9.17, 15) is 0 Å². The first-order chi connectivity index (χ1) is 30.2. The molecule has 0 atom stereocenters. The van der Waals surface area contributed by atoms with Crippen LogP contribution in [-0.2, 0) is 0 Å². The highest BCUT2D eigenvalue weighted by Crippen LogP contribution is 2.53. The highest BCUT2D eigenvalue weighted by atomic mass is 16.5. The number of rotatable bonds is 6. The van der Waals surface area contributed by atoms with Crippen molar-refractivity contribution >= 4 is 49.8 Å². The minimum atomic E-state index is 0.818. The molecular weight excluding hydrogens is 743 g/mol. The van der Waals surface area contributed by atoms with Gasteiger partial charge in [0.15, 0.2) is 0 Å². The number of hydrogen-bond acceptors (Lipinski definition) is 3. The third-order valence-electron chi connectivity index (χ3n) is 12.1. The molecule has 0 spiro atoms. The zero-order valence-electron chi connectivity index (χ0n) is 33.1. The first-order valence-electron chi connectivity index (χ1n) is 20.7. The van der Waals surface area contributed by atoms with E-state index in [0.717, 1.165) is 95.0 Å². The van der Waals surface area contributed by atoms with E-state index in [-0.39, 0.29) is 0 Å². The third kappa shape index (κ3) is 5.90. The molecule has 0 amide bonds. The van der Waals surface area contributed by atoms with E-state index < -0.39 is 0 Å². The van der Waals surface area contributed by atoms with Crippen molar-refractivity contribution in [2.24, 2.45) is 0 Å². The molecule has 61 heavy (non-hydrogen) atoms. The summed E-state index contributed by atoms with van der Waals surface area (Å²) in [5.41, 5.74) is 16.2. The second kappa shape index (κ2) is 14.3. The van der Waals surface area contributed by atoms with Crippen molar-refractivity contribution in [3.63, 3.8) is 0 Å². The fourth-order valence-corrected chi connectivity index (χ4v) is 9.23. The summed E-state index contributed by atoms with van der Waals surface area (Å²) in [6.45, 7) is 0.